The predicted octanol–water partition coefficient (Wildman–Crippen LogP) is 1.39. The van der Waals surface area contributed by atoms with E-state index in [2.05, 4.69) is 15.9 Å². The molecule has 2 N–H and O–H groups in total. The smallest absolute Gasteiger partial charge is 0.418 e. The topological polar surface area (TPSA) is 104 Å². The third-order valence-electron chi connectivity index (χ3n) is 3.03. The zero-order chi connectivity index (χ0) is 15.0. The molecule has 1 heterocycles. The Morgan fingerprint density at radius 1 is 1.40 bits per heavy atom. The molecule has 2 rings (SSSR count). The summed E-state index contributed by atoms with van der Waals surface area (Å²) in [6, 6.07) is 7.66. The normalized spacial score (nSPS) is 22.8. The van der Waals surface area contributed by atoms with Crippen LogP contribution in [-0.4, -0.2) is 38.6 Å². The highest BCUT2D eigenvalue weighted by Crippen LogP contribution is 2.61. The van der Waals surface area contributed by atoms with Crippen LogP contribution in [-0.2, 0) is 19.4 Å². The Balaban J connectivity index is 2.68. The van der Waals surface area contributed by atoms with Crippen molar-refractivity contribution in [1.82, 2.24) is 4.90 Å². The summed E-state index contributed by atoms with van der Waals surface area (Å²) in [5, 5.41) is -2.37. The van der Waals surface area contributed by atoms with Crippen molar-refractivity contribution in [1.29, 1.82) is 0 Å². The SMILES string of the molecule is O=C(CBr)N1C(=O)OC[C@]1(c1ccccc1)P(=O)(O)O. The van der Waals surface area contributed by atoms with Gasteiger partial charge in [-0.3, -0.25) is 9.36 Å². The van der Waals surface area contributed by atoms with Gasteiger partial charge in [0.25, 0.3) is 0 Å². The fraction of sp³-hybridized carbons (Fsp3) is 0.273. The van der Waals surface area contributed by atoms with E-state index in [1.165, 1.54) is 12.1 Å². The summed E-state index contributed by atoms with van der Waals surface area (Å²) < 4.78 is 16.7. The van der Waals surface area contributed by atoms with E-state index < -0.39 is 31.5 Å². The number of cyclic esters (lactones) is 1. The Bertz CT molecular complexity index is 588. The molecule has 0 unspecified atom stereocenters. The number of halogens is 1. The van der Waals surface area contributed by atoms with Crippen molar-refractivity contribution in [3.63, 3.8) is 0 Å². The molecular weight excluding hydrogens is 353 g/mol. The number of amides is 2. The minimum atomic E-state index is -4.89. The first-order valence-electron chi connectivity index (χ1n) is 5.51. The Kier molecular flexibility index (Phi) is 4.02. The Morgan fingerprint density at radius 3 is 2.50 bits per heavy atom. The number of carbonyl (C=O) groups is 2. The maximum atomic E-state index is 12.0. The largest absolute Gasteiger partial charge is 0.445 e. The zero-order valence-corrected chi connectivity index (χ0v) is 12.6. The van der Waals surface area contributed by atoms with E-state index >= 15 is 0 Å². The third-order valence-corrected chi connectivity index (χ3v) is 5.06. The number of carbonyl (C=O) groups excluding carboxylic acids is 2. The lowest BCUT2D eigenvalue weighted by atomic mass is 10.1. The molecule has 1 aromatic carbocycles. The molecule has 9 heteroatoms. The zero-order valence-electron chi connectivity index (χ0n) is 10.1. The Labute approximate surface area is 122 Å². The molecule has 7 nitrogen and oxygen atoms in total. The predicted molar refractivity (Wildman–Crippen MR) is 72.2 cm³/mol. The van der Waals surface area contributed by atoms with Crippen LogP contribution in [0.2, 0.25) is 0 Å². The van der Waals surface area contributed by atoms with E-state index in [1.807, 2.05) is 0 Å². The number of imide groups is 1. The van der Waals surface area contributed by atoms with Crippen molar-refractivity contribution in [3.8, 4) is 0 Å². The molecule has 2 amide bonds. The molecule has 0 bridgehead atoms. The van der Waals surface area contributed by atoms with Crippen LogP contribution in [0, 0.1) is 0 Å². The highest BCUT2D eigenvalue weighted by Gasteiger charge is 2.62. The van der Waals surface area contributed by atoms with E-state index in [0.29, 0.717) is 4.90 Å². The summed E-state index contributed by atoms with van der Waals surface area (Å²) >= 11 is 2.89. The minimum absolute atomic E-state index is 0.147. The van der Waals surface area contributed by atoms with Gasteiger partial charge in [0, 0.05) is 0 Å². The molecule has 1 saturated heterocycles. The summed E-state index contributed by atoms with van der Waals surface area (Å²) in [5.41, 5.74) is 0.147. The summed E-state index contributed by atoms with van der Waals surface area (Å²) in [5.74, 6) is -0.778. The molecule has 0 spiro atoms. The van der Waals surface area contributed by atoms with Crippen LogP contribution in [0.25, 0.3) is 0 Å². The fourth-order valence-corrected chi connectivity index (χ4v) is 3.53. The van der Waals surface area contributed by atoms with Gasteiger partial charge >= 0.3 is 13.7 Å². The van der Waals surface area contributed by atoms with Crippen LogP contribution < -0.4 is 0 Å². The molecule has 1 atom stereocenters. The highest BCUT2D eigenvalue weighted by atomic mass is 79.9. The van der Waals surface area contributed by atoms with Crippen LogP contribution in [0.4, 0.5) is 4.79 Å². The quantitative estimate of drug-likeness (QED) is 0.621. The number of hydrogen-bond acceptors (Lipinski definition) is 4. The van der Waals surface area contributed by atoms with Crippen LogP contribution in [0.1, 0.15) is 5.56 Å². The molecule has 1 fully saturated rings. The second-order valence-corrected chi connectivity index (χ2v) is 6.53. The van der Waals surface area contributed by atoms with Crippen LogP contribution in [0.3, 0.4) is 0 Å². The summed E-state index contributed by atoms with van der Waals surface area (Å²) in [6.45, 7) is -0.584. The van der Waals surface area contributed by atoms with Gasteiger partial charge in [-0.25, -0.2) is 9.69 Å². The number of alkyl halides is 1. The van der Waals surface area contributed by atoms with Gasteiger partial charge in [0.05, 0.1) is 5.33 Å². The standard InChI is InChI=1S/C11H11BrNO6P/c12-6-9(14)13-10(15)19-7-11(13,20(16,17)18)8-4-2-1-3-5-8/h1-5H,6-7H2,(H2,16,17,18)/t11-/m1/s1. The van der Waals surface area contributed by atoms with Crippen molar-refractivity contribution in [2.75, 3.05) is 11.9 Å². The summed E-state index contributed by atoms with van der Waals surface area (Å²) in [4.78, 5) is 43.6. The molecule has 1 aliphatic rings. The van der Waals surface area contributed by atoms with Crippen molar-refractivity contribution >= 4 is 35.5 Å². The first kappa shape index (κ1) is 15.2. The van der Waals surface area contributed by atoms with Crippen LogP contribution in [0.15, 0.2) is 30.3 Å². The molecule has 0 aliphatic carbocycles. The van der Waals surface area contributed by atoms with Gasteiger partial charge in [0.2, 0.25) is 11.2 Å². The van der Waals surface area contributed by atoms with E-state index in [4.69, 9.17) is 4.74 Å². The fourth-order valence-electron chi connectivity index (χ4n) is 2.11. The first-order valence-corrected chi connectivity index (χ1v) is 8.25. The summed E-state index contributed by atoms with van der Waals surface area (Å²) in [6.07, 6.45) is -1.07. The Hall–Kier alpha value is -1.21. The van der Waals surface area contributed by atoms with Gasteiger partial charge in [0.1, 0.15) is 6.61 Å². The van der Waals surface area contributed by atoms with Gasteiger partial charge in [0.15, 0.2) is 0 Å². The van der Waals surface area contributed by atoms with Gasteiger partial charge in [-0.1, -0.05) is 46.3 Å². The van der Waals surface area contributed by atoms with Crippen molar-refractivity contribution in [2.24, 2.45) is 0 Å². The van der Waals surface area contributed by atoms with E-state index in [0.717, 1.165) is 0 Å². The number of ether oxygens (including phenoxy) is 1. The lowest BCUT2D eigenvalue weighted by Crippen LogP contribution is -2.48. The average Bonchev–Trinajstić information content (AvgIpc) is 2.77. The summed E-state index contributed by atoms with van der Waals surface area (Å²) in [7, 11) is -4.89. The molecule has 108 valence electrons. The molecule has 1 aliphatic heterocycles. The molecule has 0 radical (unpaired) electrons. The maximum Gasteiger partial charge on any atom is 0.418 e. The van der Waals surface area contributed by atoms with Crippen molar-refractivity contribution in [2.45, 2.75) is 5.28 Å². The number of hydrogen-bond donors (Lipinski definition) is 2. The van der Waals surface area contributed by atoms with Gasteiger partial charge < -0.3 is 14.5 Å². The molecule has 20 heavy (non-hydrogen) atoms. The van der Waals surface area contributed by atoms with Crippen molar-refractivity contribution < 1.29 is 28.7 Å². The lowest BCUT2D eigenvalue weighted by Gasteiger charge is -2.34. The second kappa shape index (κ2) is 5.29. The Morgan fingerprint density at radius 2 is 2.00 bits per heavy atom. The van der Waals surface area contributed by atoms with Gasteiger partial charge in [-0.15, -0.1) is 0 Å². The van der Waals surface area contributed by atoms with Crippen molar-refractivity contribution in [3.05, 3.63) is 35.9 Å². The van der Waals surface area contributed by atoms with Crippen LogP contribution in [0.5, 0.6) is 0 Å². The number of rotatable bonds is 3. The number of nitrogens with zero attached hydrogens (tertiary/aromatic N) is 1. The minimum Gasteiger partial charge on any atom is -0.445 e. The van der Waals surface area contributed by atoms with E-state index in [1.54, 1.807) is 18.2 Å². The van der Waals surface area contributed by atoms with Gasteiger partial charge in [-0.05, 0) is 5.56 Å². The first-order chi connectivity index (χ1) is 9.34. The number of benzene rings is 1. The van der Waals surface area contributed by atoms with E-state index in [9.17, 15) is 23.9 Å². The molecule has 0 aromatic heterocycles. The lowest BCUT2D eigenvalue weighted by molar-refractivity contribution is -0.127. The van der Waals surface area contributed by atoms with E-state index in [-0.39, 0.29) is 10.9 Å². The second-order valence-electron chi connectivity index (χ2n) is 4.14. The highest BCUT2D eigenvalue weighted by molar-refractivity contribution is 9.09. The molecular formula is C11H11BrNO6P. The van der Waals surface area contributed by atoms with Crippen LogP contribution >= 0.6 is 23.5 Å². The van der Waals surface area contributed by atoms with Gasteiger partial charge in [-0.2, -0.15) is 0 Å². The monoisotopic (exact) mass is 363 g/mol. The molecule has 0 saturated carbocycles. The molecule has 1 aromatic rings. The average molecular weight is 364 g/mol. The third kappa shape index (κ3) is 2.18. The maximum absolute atomic E-state index is 12.0.